The van der Waals surface area contributed by atoms with Crippen molar-refractivity contribution in [3.8, 4) is 11.3 Å². The molecule has 0 bridgehead atoms. The molecule has 1 aromatic heterocycles. The highest BCUT2D eigenvalue weighted by Crippen LogP contribution is 2.28. The summed E-state index contributed by atoms with van der Waals surface area (Å²) in [5.41, 5.74) is 2.90. The molecule has 0 spiro atoms. The average Bonchev–Trinajstić information content (AvgIpc) is 2.87. The molecule has 0 fully saturated rings. The summed E-state index contributed by atoms with van der Waals surface area (Å²) >= 11 is 5.94. The van der Waals surface area contributed by atoms with Gasteiger partial charge in [0.1, 0.15) is 5.69 Å². The lowest BCUT2D eigenvalue weighted by Crippen LogP contribution is -2.03. The Hall–Kier alpha value is -2.33. The monoisotopic (exact) mass is 314 g/mol. The van der Waals surface area contributed by atoms with E-state index in [1.165, 1.54) is 0 Å². The van der Waals surface area contributed by atoms with E-state index in [-0.39, 0.29) is 6.42 Å². The number of halogens is 1. The first-order valence-corrected chi connectivity index (χ1v) is 7.46. The standard InChI is InChI=1S/C17H15ClN2O2/c18-13-9-7-12(8-10-13)17-14-4-1-2-5-15(14)20(19-17)11-3-6-16(21)22/h1-2,4-5,7-10H,3,6,11H2,(H,21,22). The van der Waals surface area contributed by atoms with Crippen LogP contribution in [0.25, 0.3) is 22.2 Å². The molecule has 0 aliphatic heterocycles. The van der Waals surface area contributed by atoms with Gasteiger partial charge in [0.15, 0.2) is 0 Å². The first kappa shape index (κ1) is 14.6. The van der Waals surface area contributed by atoms with Gasteiger partial charge in [0.05, 0.1) is 5.52 Å². The number of nitrogens with zero attached hydrogens (tertiary/aromatic N) is 2. The summed E-state index contributed by atoms with van der Waals surface area (Å²) in [5, 5.41) is 15.2. The molecule has 3 rings (SSSR count). The molecule has 0 unspecified atom stereocenters. The molecule has 0 amide bonds. The quantitative estimate of drug-likeness (QED) is 0.767. The van der Waals surface area contributed by atoms with Crippen LogP contribution < -0.4 is 0 Å². The lowest BCUT2D eigenvalue weighted by atomic mass is 10.1. The molecular formula is C17H15ClN2O2. The number of hydrogen-bond donors (Lipinski definition) is 1. The number of carboxylic acids is 1. The number of benzene rings is 2. The van der Waals surface area contributed by atoms with Crippen molar-refractivity contribution in [2.75, 3.05) is 0 Å². The molecule has 5 heteroatoms. The van der Waals surface area contributed by atoms with E-state index in [1.54, 1.807) is 0 Å². The van der Waals surface area contributed by atoms with Crippen LogP contribution >= 0.6 is 11.6 Å². The Bertz CT molecular complexity index is 809. The van der Waals surface area contributed by atoms with E-state index in [4.69, 9.17) is 16.7 Å². The lowest BCUT2D eigenvalue weighted by Gasteiger charge is -2.01. The SMILES string of the molecule is O=C(O)CCCn1nc(-c2ccc(Cl)cc2)c2ccccc21. The molecule has 2 aromatic carbocycles. The van der Waals surface area contributed by atoms with Crippen molar-refractivity contribution >= 4 is 28.5 Å². The van der Waals surface area contributed by atoms with Gasteiger partial charge in [-0.2, -0.15) is 5.10 Å². The van der Waals surface area contributed by atoms with E-state index in [9.17, 15) is 4.79 Å². The highest BCUT2D eigenvalue weighted by atomic mass is 35.5. The second-order valence-corrected chi connectivity index (χ2v) is 5.53. The zero-order valence-electron chi connectivity index (χ0n) is 11.9. The maximum Gasteiger partial charge on any atom is 0.303 e. The number of hydrogen-bond acceptors (Lipinski definition) is 2. The van der Waals surface area contributed by atoms with Gasteiger partial charge in [-0.25, -0.2) is 0 Å². The Morgan fingerprint density at radius 2 is 1.86 bits per heavy atom. The van der Waals surface area contributed by atoms with Gasteiger partial charge in [0, 0.05) is 28.9 Å². The molecule has 4 nitrogen and oxygen atoms in total. The van der Waals surface area contributed by atoms with E-state index < -0.39 is 5.97 Å². The summed E-state index contributed by atoms with van der Waals surface area (Å²) in [6.45, 7) is 0.584. The highest BCUT2D eigenvalue weighted by Gasteiger charge is 2.12. The predicted octanol–water partition coefficient (Wildman–Crippen LogP) is 4.22. The third kappa shape index (κ3) is 2.97. The fraction of sp³-hybridized carbons (Fsp3) is 0.176. The average molecular weight is 315 g/mol. The van der Waals surface area contributed by atoms with E-state index in [2.05, 4.69) is 5.10 Å². The zero-order valence-corrected chi connectivity index (χ0v) is 12.6. The summed E-state index contributed by atoms with van der Waals surface area (Å²) in [6, 6.07) is 15.5. The van der Waals surface area contributed by atoms with Crippen LogP contribution in [-0.2, 0) is 11.3 Å². The second-order valence-electron chi connectivity index (χ2n) is 5.09. The van der Waals surface area contributed by atoms with Crippen molar-refractivity contribution in [3.05, 3.63) is 53.6 Å². The van der Waals surface area contributed by atoms with Gasteiger partial charge < -0.3 is 5.11 Å². The molecule has 112 valence electrons. The number of carboxylic acid groups (broad SMARTS) is 1. The summed E-state index contributed by atoms with van der Waals surface area (Å²) in [7, 11) is 0. The Morgan fingerprint density at radius 1 is 1.14 bits per heavy atom. The van der Waals surface area contributed by atoms with Gasteiger partial charge in [-0.15, -0.1) is 0 Å². The minimum atomic E-state index is -0.783. The smallest absolute Gasteiger partial charge is 0.303 e. The fourth-order valence-corrected chi connectivity index (χ4v) is 2.62. The number of aliphatic carboxylic acids is 1. The number of aryl methyl sites for hydroxylation is 1. The summed E-state index contributed by atoms with van der Waals surface area (Å²) in [5.74, 6) is -0.783. The molecule has 0 radical (unpaired) electrons. The molecular weight excluding hydrogens is 300 g/mol. The Labute approximate surface area is 132 Å². The summed E-state index contributed by atoms with van der Waals surface area (Å²) < 4.78 is 1.88. The van der Waals surface area contributed by atoms with E-state index in [0.717, 1.165) is 22.2 Å². The normalized spacial score (nSPS) is 11.0. The van der Waals surface area contributed by atoms with Crippen LogP contribution in [-0.4, -0.2) is 20.9 Å². The molecule has 22 heavy (non-hydrogen) atoms. The second kappa shape index (κ2) is 6.20. The Balaban J connectivity index is 2.00. The lowest BCUT2D eigenvalue weighted by molar-refractivity contribution is -0.137. The van der Waals surface area contributed by atoms with Crippen LogP contribution in [0.4, 0.5) is 0 Å². The number of para-hydroxylation sites is 1. The highest BCUT2D eigenvalue weighted by molar-refractivity contribution is 6.30. The third-order valence-electron chi connectivity index (χ3n) is 3.54. The topological polar surface area (TPSA) is 55.1 Å². The molecule has 0 saturated heterocycles. The van der Waals surface area contributed by atoms with Crippen molar-refractivity contribution in [2.45, 2.75) is 19.4 Å². The van der Waals surface area contributed by atoms with Crippen LogP contribution in [0.3, 0.4) is 0 Å². The van der Waals surface area contributed by atoms with Gasteiger partial charge in [0.25, 0.3) is 0 Å². The van der Waals surface area contributed by atoms with Crippen LogP contribution in [0.1, 0.15) is 12.8 Å². The van der Waals surface area contributed by atoms with Gasteiger partial charge in [0.2, 0.25) is 0 Å². The van der Waals surface area contributed by atoms with Crippen LogP contribution in [0.5, 0.6) is 0 Å². The van der Waals surface area contributed by atoms with Gasteiger partial charge in [-0.05, 0) is 24.6 Å². The fourth-order valence-electron chi connectivity index (χ4n) is 2.50. The van der Waals surface area contributed by atoms with E-state index in [0.29, 0.717) is 18.0 Å². The van der Waals surface area contributed by atoms with Crippen LogP contribution in [0.2, 0.25) is 5.02 Å². The summed E-state index contributed by atoms with van der Waals surface area (Å²) in [4.78, 5) is 10.7. The van der Waals surface area contributed by atoms with Gasteiger partial charge in [-0.3, -0.25) is 9.48 Å². The first-order valence-electron chi connectivity index (χ1n) is 7.08. The minimum Gasteiger partial charge on any atom is -0.481 e. The van der Waals surface area contributed by atoms with Crippen LogP contribution in [0, 0.1) is 0 Å². The van der Waals surface area contributed by atoms with Gasteiger partial charge >= 0.3 is 5.97 Å². The third-order valence-corrected chi connectivity index (χ3v) is 3.79. The number of fused-ring (bicyclic) bond motifs is 1. The molecule has 0 atom stereocenters. The van der Waals surface area contributed by atoms with Crippen LogP contribution in [0.15, 0.2) is 48.5 Å². The largest absolute Gasteiger partial charge is 0.481 e. The summed E-state index contributed by atoms with van der Waals surface area (Å²) in [6.07, 6.45) is 0.700. The molecule has 1 N–H and O–H groups in total. The molecule has 1 heterocycles. The Morgan fingerprint density at radius 3 is 2.59 bits per heavy atom. The van der Waals surface area contributed by atoms with E-state index in [1.807, 2.05) is 53.2 Å². The van der Waals surface area contributed by atoms with E-state index >= 15 is 0 Å². The number of aromatic nitrogens is 2. The Kier molecular flexibility index (Phi) is 4.11. The van der Waals surface area contributed by atoms with Crippen molar-refractivity contribution in [2.24, 2.45) is 0 Å². The molecule has 3 aromatic rings. The van der Waals surface area contributed by atoms with Crippen molar-refractivity contribution in [1.82, 2.24) is 9.78 Å². The van der Waals surface area contributed by atoms with Gasteiger partial charge in [-0.1, -0.05) is 41.9 Å². The first-order chi connectivity index (χ1) is 10.6. The minimum absolute atomic E-state index is 0.143. The molecule has 0 aliphatic rings. The number of carbonyl (C=O) groups is 1. The van der Waals surface area contributed by atoms with Crippen molar-refractivity contribution < 1.29 is 9.90 Å². The predicted molar refractivity (Wildman–Crippen MR) is 87.0 cm³/mol. The zero-order chi connectivity index (χ0) is 15.5. The number of rotatable bonds is 5. The maximum absolute atomic E-state index is 10.7. The van der Waals surface area contributed by atoms with Crippen molar-refractivity contribution in [1.29, 1.82) is 0 Å². The molecule has 0 saturated carbocycles. The maximum atomic E-state index is 10.7. The molecule has 0 aliphatic carbocycles. The van der Waals surface area contributed by atoms with Crippen molar-refractivity contribution in [3.63, 3.8) is 0 Å².